The van der Waals surface area contributed by atoms with E-state index in [1.165, 1.54) is 0 Å². The second kappa shape index (κ2) is 7.41. The van der Waals surface area contributed by atoms with Crippen molar-refractivity contribution in [1.29, 1.82) is 0 Å². The quantitative estimate of drug-likeness (QED) is 0.702. The lowest BCUT2D eigenvalue weighted by Crippen LogP contribution is -2.58. The van der Waals surface area contributed by atoms with Crippen LogP contribution in [-0.2, 0) is 0 Å². The summed E-state index contributed by atoms with van der Waals surface area (Å²) < 4.78 is 0. The molecular weight excluding hydrogens is 352 g/mol. The maximum Gasteiger partial charge on any atom is 0.172 e. The highest BCUT2D eigenvalue weighted by atomic mass is 16.3. The Morgan fingerprint density at radius 3 is 2.96 bits per heavy atom. The summed E-state index contributed by atoms with van der Waals surface area (Å²) in [6.07, 6.45) is 3.50. The van der Waals surface area contributed by atoms with E-state index in [1.807, 2.05) is 18.2 Å². The molecule has 7 nitrogen and oxygen atoms in total. The first-order valence-corrected chi connectivity index (χ1v) is 10.1. The summed E-state index contributed by atoms with van der Waals surface area (Å²) in [5.74, 6) is 1.07. The summed E-state index contributed by atoms with van der Waals surface area (Å²) >= 11 is 0. The summed E-state index contributed by atoms with van der Waals surface area (Å²) in [4.78, 5) is 5.03. The van der Waals surface area contributed by atoms with Crippen molar-refractivity contribution in [2.24, 2.45) is 0 Å². The van der Waals surface area contributed by atoms with Crippen molar-refractivity contribution in [3.8, 4) is 17.0 Å². The highest BCUT2D eigenvalue weighted by Gasteiger charge is 2.33. The number of hydrogen-bond donors (Lipinski definition) is 3. The number of piperazine rings is 1. The molecule has 5 rings (SSSR count). The van der Waals surface area contributed by atoms with Gasteiger partial charge >= 0.3 is 0 Å². The van der Waals surface area contributed by atoms with E-state index in [0.29, 0.717) is 11.7 Å². The van der Waals surface area contributed by atoms with Crippen molar-refractivity contribution >= 4 is 11.5 Å². The Kier molecular flexibility index (Phi) is 4.62. The normalized spacial score (nSPS) is 22.1. The van der Waals surface area contributed by atoms with Crippen molar-refractivity contribution in [3.63, 3.8) is 0 Å². The third-order valence-corrected chi connectivity index (χ3v) is 5.92. The van der Waals surface area contributed by atoms with Gasteiger partial charge in [-0.05, 0) is 31.2 Å². The first-order valence-electron chi connectivity index (χ1n) is 10.1. The third kappa shape index (κ3) is 3.31. The van der Waals surface area contributed by atoms with Gasteiger partial charge in [-0.25, -0.2) is 0 Å². The Labute approximate surface area is 165 Å². The van der Waals surface area contributed by atoms with Crippen LogP contribution in [-0.4, -0.2) is 72.1 Å². The number of phenols is 1. The number of rotatable bonds is 3. The van der Waals surface area contributed by atoms with Crippen molar-refractivity contribution in [1.82, 2.24) is 20.4 Å². The first kappa shape index (κ1) is 17.5. The summed E-state index contributed by atoms with van der Waals surface area (Å²) in [6, 6.07) is 9.77. The predicted molar refractivity (Wildman–Crippen MR) is 111 cm³/mol. The van der Waals surface area contributed by atoms with E-state index in [2.05, 4.69) is 42.8 Å². The van der Waals surface area contributed by atoms with E-state index in [0.717, 1.165) is 69.3 Å². The molecule has 1 atom stereocenters. The lowest BCUT2D eigenvalue weighted by atomic mass is 10.0. The fourth-order valence-electron chi connectivity index (χ4n) is 4.42. The third-order valence-electron chi connectivity index (χ3n) is 5.92. The minimum Gasteiger partial charge on any atom is -0.507 e. The predicted octanol–water partition coefficient (Wildman–Crippen LogP) is 1.68. The lowest BCUT2D eigenvalue weighted by molar-refractivity contribution is 0.238. The van der Waals surface area contributed by atoms with Gasteiger partial charge in [-0.2, -0.15) is 0 Å². The molecule has 4 heterocycles. The van der Waals surface area contributed by atoms with Crippen molar-refractivity contribution < 1.29 is 5.11 Å². The molecule has 0 saturated carbocycles. The van der Waals surface area contributed by atoms with Crippen LogP contribution in [0.15, 0.2) is 42.0 Å². The zero-order valence-electron chi connectivity index (χ0n) is 15.9. The highest BCUT2D eigenvalue weighted by molar-refractivity contribution is 5.76. The molecule has 1 fully saturated rings. The number of fused-ring (bicyclic) bond motifs is 3. The molecule has 2 aromatic rings. The van der Waals surface area contributed by atoms with Crippen molar-refractivity contribution in [3.05, 3.63) is 42.0 Å². The smallest absolute Gasteiger partial charge is 0.172 e. The summed E-state index contributed by atoms with van der Waals surface area (Å²) in [5, 5.41) is 25.7. The van der Waals surface area contributed by atoms with Gasteiger partial charge in [0.1, 0.15) is 5.75 Å². The number of benzene rings is 1. The average molecular weight is 378 g/mol. The van der Waals surface area contributed by atoms with Crippen LogP contribution in [0.25, 0.3) is 11.3 Å². The molecule has 1 saturated heterocycles. The van der Waals surface area contributed by atoms with Crippen molar-refractivity contribution in [2.75, 3.05) is 56.0 Å². The monoisotopic (exact) mass is 378 g/mol. The van der Waals surface area contributed by atoms with Crippen LogP contribution in [0.2, 0.25) is 0 Å². The molecule has 0 radical (unpaired) electrons. The maximum atomic E-state index is 10.2. The summed E-state index contributed by atoms with van der Waals surface area (Å²) in [6.45, 7) is 7.14. The standard InChI is InChI=1S/C21H26N6O/c28-20-4-2-1-3-17(20)18-11-19-21(25-24-18)23-12-16-14-26(9-10-27(16)19)13-15-5-7-22-8-6-15/h1-5,11,16,22,28H,6-10,12-14H2,(H,23,25)/t16-/m0/s1. The fourth-order valence-corrected chi connectivity index (χ4v) is 4.42. The topological polar surface area (TPSA) is 76.5 Å². The highest BCUT2D eigenvalue weighted by Crippen LogP contribution is 2.36. The molecule has 0 bridgehead atoms. The van der Waals surface area contributed by atoms with Crippen LogP contribution in [0.1, 0.15) is 6.42 Å². The zero-order chi connectivity index (χ0) is 18.9. The molecular formula is C21H26N6O. The largest absolute Gasteiger partial charge is 0.507 e. The minimum atomic E-state index is 0.233. The zero-order valence-corrected chi connectivity index (χ0v) is 15.9. The average Bonchev–Trinajstić information content (AvgIpc) is 2.74. The number of nitrogens with zero attached hydrogens (tertiary/aromatic N) is 4. The molecule has 7 heteroatoms. The number of anilines is 2. The first-order chi connectivity index (χ1) is 13.8. The molecule has 28 heavy (non-hydrogen) atoms. The lowest BCUT2D eigenvalue weighted by Gasteiger charge is -2.46. The van der Waals surface area contributed by atoms with Gasteiger partial charge < -0.3 is 20.6 Å². The number of para-hydroxylation sites is 1. The Bertz CT molecular complexity index is 898. The molecule has 0 unspecified atom stereocenters. The van der Waals surface area contributed by atoms with Crippen LogP contribution in [0.4, 0.5) is 11.5 Å². The molecule has 3 aliphatic heterocycles. The Morgan fingerprint density at radius 2 is 2.11 bits per heavy atom. The van der Waals surface area contributed by atoms with Crippen LogP contribution >= 0.6 is 0 Å². The molecule has 3 N–H and O–H groups in total. The fraction of sp³-hybridized carbons (Fsp3) is 0.429. The molecule has 3 aliphatic rings. The Balaban J connectivity index is 1.36. The number of aromatic nitrogens is 2. The molecule has 1 aromatic heterocycles. The van der Waals surface area contributed by atoms with Crippen LogP contribution in [0.3, 0.4) is 0 Å². The van der Waals surface area contributed by atoms with E-state index in [4.69, 9.17) is 0 Å². The van der Waals surface area contributed by atoms with Crippen LogP contribution < -0.4 is 15.5 Å². The number of phenolic OH excluding ortho intramolecular Hbond substituents is 1. The summed E-state index contributed by atoms with van der Waals surface area (Å²) in [7, 11) is 0. The molecule has 1 aromatic carbocycles. The minimum absolute atomic E-state index is 0.233. The maximum absolute atomic E-state index is 10.2. The van der Waals surface area contributed by atoms with Crippen molar-refractivity contribution in [2.45, 2.75) is 12.5 Å². The number of hydrogen-bond acceptors (Lipinski definition) is 7. The van der Waals surface area contributed by atoms with Crippen LogP contribution in [0.5, 0.6) is 5.75 Å². The van der Waals surface area contributed by atoms with E-state index in [9.17, 15) is 5.11 Å². The van der Waals surface area contributed by atoms with E-state index in [1.54, 1.807) is 11.6 Å². The molecule has 146 valence electrons. The van der Waals surface area contributed by atoms with E-state index >= 15 is 0 Å². The molecule has 0 amide bonds. The summed E-state index contributed by atoms with van der Waals surface area (Å²) in [5.41, 5.74) is 4.08. The van der Waals surface area contributed by atoms with Gasteiger partial charge in [0.2, 0.25) is 0 Å². The molecule has 0 aliphatic carbocycles. The van der Waals surface area contributed by atoms with Crippen LogP contribution in [0, 0.1) is 0 Å². The number of nitrogens with one attached hydrogen (secondary N) is 2. The SMILES string of the molecule is Oc1ccccc1-c1cc2c(nn1)NC[C@H]1CN(CC3=CCNCC3)CCN21. The van der Waals surface area contributed by atoms with E-state index in [-0.39, 0.29) is 5.75 Å². The van der Waals surface area contributed by atoms with Gasteiger partial charge in [0.05, 0.1) is 17.4 Å². The molecule has 0 spiro atoms. The van der Waals surface area contributed by atoms with Gasteiger partial charge in [0, 0.05) is 44.8 Å². The van der Waals surface area contributed by atoms with Gasteiger partial charge in [0.15, 0.2) is 5.82 Å². The van der Waals surface area contributed by atoms with E-state index < -0.39 is 0 Å². The second-order valence-electron chi connectivity index (χ2n) is 7.76. The second-order valence-corrected chi connectivity index (χ2v) is 7.76. The van der Waals surface area contributed by atoms with Gasteiger partial charge in [-0.1, -0.05) is 23.8 Å². The van der Waals surface area contributed by atoms with Gasteiger partial charge in [-0.15, -0.1) is 10.2 Å². The Hall–Kier alpha value is -2.64. The number of aromatic hydroxyl groups is 1. The van der Waals surface area contributed by atoms with Gasteiger partial charge in [-0.3, -0.25) is 4.90 Å². The van der Waals surface area contributed by atoms with Gasteiger partial charge in [0.25, 0.3) is 0 Å². The Morgan fingerprint density at radius 1 is 1.18 bits per heavy atom.